The van der Waals surface area contributed by atoms with Crippen molar-refractivity contribution < 1.29 is 14.6 Å². The molecule has 0 bridgehead atoms. The molecule has 100 valence electrons. The van der Waals surface area contributed by atoms with Gasteiger partial charge in [0.15, 0.2) is 11.5 Å². The molecule has 18 heavy (non-hydrogen) atoms. The minimum absolute atomic E-state index is 0.210. The maximum absolute atomic E-state index is 9.74. The number of hydrogen-bond donors (Lipinski definition) is 1. The van der Waals surface area contributed by atoms with E-state index in [1.807, 2.05) is 12.1 Å². The number of ether oxygens (including phenoxy) is 2. The van der Waals surface area contributed by atoms with Crippen molar-refractivity contribution >= 4 is 0 Å². The van der Waals surface area contributed by atoms with E-state index in [0.29, 0.717) is 11.9 Å². The summed E-state index contributed by atoms with van der Waals surface area (Å²) in [5.41, 5.74) is 1.11. The second-order valence-corrected chi connectivity index (χ2v) is 4.72. The van der Waals surface area contributed by atoms with Gasteiger partial charge >= 0.3 is 0 Å². The molecular weight excluding hydrogens is 230 g/mol. The molecule has 0 atom stereocenters. The van der Waals surface area contributed by atoms with Crippen molar-refractivity contribution in [3.05, 3.63) is 23.8 Å². The average Bonchev–Trinajstić information content (AvgIpc) is 2.40. The monoisotopic (exact) mass is 251 g/mol. The Balaban J connectivity index is 1.92. The van der Waals surface area contributed by atoms with E-state index in [0.717, 1.165) is 38.0 Å². The Morgan fingerprint density at radius 3 is 2.56 bits per heavy atom. The Bertz CT molecular complexity index is 387. The van der Waals surface area contributed by atoms with Crippen molar-refractivity contribution in [1.82, 2.24) is 4.90 Å². The molecule has 1 aromatic rings. The quantitative estimate of drug-likeness (QED) is 0.889. The standard InChI is InChI=1S/C14H21NO3/c1-17-12-5-7-15(8-6-12)10-11-3-4-14(18-2)13(16)9-11/h3-4,9,12,16H,5-8,10H2,1-2H3. The predicted molar refractivity (Wildman–Crippen MR) is 70.0 cm³/mol. The summed E-state index contributed by atoms with van der Waals surface area (Å²) in [6.07, 6.45) is 2.57. The van der Waals surface area contributed by atoms with Crippen LogP contribution in [0.25, 0.3) is 0 Å². The van der Waals surface area contributed by atoms with Gasteiger partial charge in [-0.05, 0) is 30.5 Å². The van der Waals surface area contributed by atoms with Crippen LogP contribution >= 0.6 is 0 Å². The van der Waals surface area contributed by atoms with Gasteiger partial charge < -0.3 is 14.6 Å². The SMILES string of the molecule is COc1ccc(CN2CCC(OC)CC2)cc1O. The van der Waals surface area contributed by atoms with Crippen LogP contribution in [0, 0.1) is 0 Å². The molecule has 2 rings (SSSR count). The summed E-state index contributed by atoms with van der Waals surface area (Å²) >= 11 is 0. The molecule has 1 aliphatic heterocycles. The molecule has 0 aromatic heterocycles. The van der Waals surface area contributed by atoms with Gasteiger partial charge in [0.25, 0.3) is 0 Å². The first-order chi connectivity index (χ1) is 8.72. The van der Waals surface area contributed by atoms with Crippen LogP contribution in [0.5, 0.6) is 11.5 Å². The molecule has 0 radical (unpaired) electrons. The molecule has 1 N–H and O–H groups in total. The molecule has 0 spiro atoms. The van der Waals surface area contributed by atoms with Crippen molar-refractivity contribution in [2.24, 2.45) is 0 Å². The minimum atomic E-state index is 0.210. The van der Waals surface area contributed by atoms with Crippen LogP contribution in [0.4, 0.5) is 0 Å². The van der Waals surface area contributed by atoms with Crippen molar-refractivity contribution in [1.29, 1.82) is 0 Å². The van der Waals surface area contributed by atoms with Crippen LogP contribution in [0.1, 0.15) is 18.4 Å². The number of aromatic hydroxyl groups is 1. The first-order valence-electron chi connectivity index (χ1n) is 6.34. The van der Waals surface area contributed by atoms with Gasteiger partial charge in [0, 0.05) is 26.7 Å². The van der Waals surface area contributed by atoms with Crippen LogP contribution in [-0.2, 0) is 11.3 Å². The molecule has 4 nitrogen and oxygen atoms in total. The van der Waals surface area contributed by atoms with Crippen LogP contribution in [0.2, 0.25) is 0 Å². The number of likely N-dealkylation sites (tertiary alicyclic amines) is 1. The van der Waals surface area contributed by atoms with E-state index in [2.05, 4.69) is 4.90 Å². The summed E-state index contributed by atoms with van der Waals surface area (Å²) in [7, 11) is 3.34. The second kappa shape index (κ2) is 6.07. The van der Waals surface area contributed by atoms with E-state index in [1.54, 1.807) is 20.3 Å². The maximum Gasteiger partial charge on any atom is 0.160 e. The first-order valence-corrected chi connectivity index (χ1v) is 6.34. The third-order valence-corrected chi connectivity index (χ3v) is 3.52. The van der Waals surface area contributed by atoms with Gasteiger partial charge in [0.05, 0.1) is 13.2 Å². The summed E-state index contributed by atoms with van der Waals surface area (Å²) in [6, 6.07) is 5.59. The second-order valence-electron chi connectivity index (χ2n) is 4.72. The lowest BCUT2D eigenvalue weighted by Crippen LogP contribution is -2.36. The van der Waals surface area contributed by atoms with E-state index in [9.17, 15) is 5.11 Å². The summed E-state index contributed by atoms with van der Waals surface area (Å²) < 4.78 is 10.4. The molecular formula is C14H21NO3. The topological polar surface area (TPSA) is 41.9 Å². The van der Waals surface area contributed by atoms with Gasteiger partial charge in [-0.25, -0.2) is 0 Å². The molecule has 1 heterocycles. The van der Waals surface area contributed by atoms with E-state index in [1.165, 1.54) is 0 Å². The Hall–Kier alpha value is -1.26. The van der Waals surface area contributed by atoms with Crippen molar-refractivity contribution in [3.63, 3.8) is 0 Å². The third-order valence-electron chi connectivity index (χ3n) is 3.52. The fourth-order valence-electron chi connectivity index (χ4n) is 2.40. The highest BCUT2D eigenvalue weighted by Crippen LogP contribution is 2.27. The summed E-state index contributed by atoms with van der Waals surface area (Å²) in [5, 5.41) is 9.74. The molecule has 1 fully saturated rings. The van der Waals surface area contributed by atoms with Crippen molar-refractivity contribution in [3.8, 4) is 11.5 Å². The van der Waals surface area contributed by atoms with E-state index in [4.69, 9.17) is 9.47 Å². The lowest BCUT2D eigenvalue weighted by molar-refractivity contribution is 0.0388. The number of rotatable bonds is 4. The number of phenolic OH excluding ortho intramolecular Hbond substituents is 1. The summed E-state index contributed by atoms with van der Waals surface area (Å²) in [5.74, 6) is 0.735. The highest BCUT2D eigenvalue weighted by atomic mass is 16.5. The lowest BCUT2D eigenvalue weighted by Gasteiger charge is -2.31. The fourth-order valence-corrected chi connectivity index (χ4v) is 2.40. The lowest BCUT2D eigenvalue weighted by atomic mass is 10.1. The highest BCUT2D eigenvalue weighted by Gasteiger charge is 2.18. The largest absolute Gasteiger partial charge is 0.504 e. The number of piperidine rings is 1. The molecule has 0 saturated carbocycles. The minimum Gasteiger partial charge on any atom is -0.504 e. The number of hydrogen-bond acceptors (Lipinski definition) is 4. The molecule has 4 heteroatoms. The van der Waals surface area contributed by atoms with Gasteiger partial charge in [-0.1, -0.05) is 6.07 Å². The van der Waals surface area contributed by atoms with Crippen LogP contribution in [-0.4, -0.2) is 43.4 Å². The van der Waals surface area contributed by atoms with E-state index >= 15 is 0 Å². The molecule has 1 aliphatic rings. The zero-order valence-corrected chi connectivity index (χ0v) is 11.1. The Morgan fingerprint density at radius 1 is 1.28 bits per heavy atom. The molecule has 1 saturated heterocycles. The molecule has 1 aromatic carbocycles. The summed E-state index contributed by atoms with van der Waals surface area (Å²) in [4.78, 5) is 2.39. The Morgan fingerprint density at radius 2 is 2.00 bits per heavy atom. The van der Waals surface area contributed by atoms with Crippen LogP contribution in [0.3, 0.4) is 0 Å². The van der Waals surface area contributed by atoms with Gasteiger partial charge in [0.2, 0.25) is 0 Å². The smallest absolute Gasteiger partial charge is 0.160 e. The van der Waals surface area contributed by atoms with Crippen LogP contribution in [0.15, 0.2) is 18.2 Å². The summed E-state index contributed by atoms with van der Waals surface area (Å²) in [6.45, 7) is 2.96. The number of phenols is 1. The zero-order chi connectivity index (χ0) is 13.0. The Labute approximate surface area is 108 Å². The number of benzene rings is 1. The predicted octanol–water partition coefficient (Wildman–Crippen LogP) is 2.01. The van der Waals surface area contributed by atoms with Gasteiger partial charge in [-0.15, -0.1) is 0 Å². The number of nitrogens with zero attached hydrogens (tertiary/aromatic N) is 1. The molecule has 0 aliphatic carbocycles. The maximum atomic E-state index is 9.74. The van der Waals surface area contributed by atoms with Gasteiger partial charge in [-0.2, -0.15) is 0 Å². The highest BCUT2D eigenvalue weighted by molar-refractivity contribution is 5.41. The van der Waals surface area contributed by atoms with Crippen LogP contribution < -0.4 is 4.74 Å². The van der Waals surface area contributed by atoms with Crippen molar-refractivity contribution in [2.75, 3.05) is 27.3 Å². The zero-order valence-electron chi connectivity index (χ0n) is 11.1. The van der Waals surface area contributed by atoms with E-state index in [-0.39, 0.29) is 5.75 Å². The van der Waals surface area contributed by atoms with Gasteiger partial charge in [-0.3, -0.25) is 4.90 Å². The third kappa shape index (κ3) is 3.15. The van der Waals surface area contributed by atoms with Gasteiger partial charge in [0.1, 0.15) is 0 Å². The molecule has 0 unspecified atom stereocenters. The average molecular weight is 251 g/mol. The first kappa shape index (κ1) is 13.2. The van der Waals surface area contributed by atoms with Crippen molar-refractivity contribution in [2.45, 2.75) is 25.5 Å². The fraction of sp³-hybridized carbons (Fsp3) is 0.571. The van der Waals surface area contributed by atoms with E-state index < -0.39 is 0 Å². The molecule has 0 amide bonds. The Kier molecular flexibility index (Phi) is 4.44. The normalized spacial score (nSPS) is 17.9. The number of methoxy groups -OCH3 is 2.